The molecule has 0 saturated heterocycles. The quantitative estimate of drug-likeness (QED) is 0.580. The first-order chi connectivity index (χ1) is 7.72. The standard InChI is InChI=1S/C11H13ClN2O2/c1-2-6-14-11(15)5-7-13-8-9-3-4-10(12)16-9/h1,3-4,13H,5-8H2,(H,14,15). The minimum absolute atomic E-state index is 0.0667. The largest absolute Gasteiger partial charge is 0.448 e. The van der Waals surface area contributed by atoms with Crippen LogP contribution in [-0.4, -0.2) is 19.0 Å². The summed E-state index contributed by atoms with van der Waals surface area (Å²) in [7, 11) is 0. The van der Waals surface area contributed by atoms with Gasteiger partial charge in [-0.25, -0.2) is 0 Å². The van der Waals surface area contributed by atoms with Crippen LogP contribution in [0.1, 0.15) is 12.2 Å². The highest BCUT2D eigenvalue weighted by Gasteiger charge is 2.01. The van der Waals surface area contributed by atoms with Crippen molar-refractivity contribution < 1.29 is 9.21 Å². The van der Waals surface area contributed by atoms with Gasteiger partial charge in [0.1, 0.15) is 5.76 Å². The van der Waals surface area contributed by atoms with Gasteiger partial charge in [-0.2, -0.15) is 0 Å². The third kappa shape index (κ3) is 4.87. The third-order valence-electron chi connectivity index (χ3n) is 1.84. The summed E-state index contributed by atoms with van der Waals surface area (Å²) in [4.78, 5) is 11.1. The van der Waals surface area contributed by atoms with E-state index in [1.165, 1.54) is 0 Å². The second-order valence-electron chi connectivity index (χ2n) is 3.11. The van der Waals surface area contributed by atoms with Crippen LogP contribution in [0.2, 0.25) is 5.22 Å². The van der Waals surface area contributed by atoms with Crippen LogP contribution in [0.5, 0.6) is 0 Å². The average Bonchev–Trinajstić information content (AvgIpc) is 2.67. The Morgan fingerprint density at radius 1 is 1.56 bits per heavy atom. The van der Waals surface area contributed by atoms with E-state index in [4.69, 9.17) is 22.4 Å². The molecule has 5 heteroatoms. The lowest BCUT2D eigenvalue weighted by Crippen LogP contribution is -2.27. The second-order valence-corrected chi connectivity index (χ2v) is 3.49. The molecule has 0 aliphatic heterocycles. The number of carbonyl (C=O) groups excluding carboxylic acids is 1. The highest BCUT2D eigenvalue weighted by atomic mass is 35.5. The fraction of sp³-hybridized carbons (Fsp3) is 0.364. The molecule has 1 aromatic heterocycles. The zero-order chi connectivity index (χ0) is 11.8. The first-order valence-electron chi connectivity index (χ1n) is 4.87. The Labute approximate surface area is 99.3 Å². The Bertz CT molecular complexity index is 382. The molecule has 1 aromatic rings. The van der Waals surface area contributed by atoms with Crippen molar-refractivity contribution in [3.05, 3.63) is 23.1 Å². The normalized spacial score (nSPS) is 9.75. The van der Waals surface area contributed by atoms with E-state index in [-0.39, 0.29) is 12.5 Å². The summed E-state index contributed by atoms with van der Waals surface area (Å²) in [6.45, 7) is 1.39. The highest BCUT2D eigenvalue weighted by Crippen LogP contribution is 2.12. The predicted molar refractivity (Wildman–Crippen MR) is 61.9 cm³/mol. The van der Waals surface area contributed by atoms with Crippen molar-refractivity contribution in [2.45, 2.75) is 13.0 Å². The summed E-state index contributed by atoms with van der Waals surface area (Å²) in [5.74, 6) is 3.01. The molecule has 0 saturated carbocycles. The van der Waals surface area contributed by atoms with Gasteiger partial charge in [0.05, 0.1) is 13.1 Å². The molecule has 1 rings (SSSR count). The van der Waals surface area contributed by atoms with E-state index in [9.17, 15) is 4.79 Å². The Morgan fingerprint density at radius 2 is 2.38 bits per heavy atom. The Kier molecular flexibility index (Phi) is 5.48. The molecule has 16 heavy (non-hydrogen) atoms. The molecule has 0 aliphatic carbocycles. The number of amides is 1. The molecule has 2 N–H and O–H groups in total. The lowest BCUT2D eigenvalue weighted by atomic mass is 10.3. The molecule has 1 amide bonds. The van der Waals surface area contributed by atoms with Crippen molar-refractivity contribution >= 4 is 17.5 Å². The van der Waals surface area contributed by atoms with Crippen molar-refractivity contribution in [1.82, 2.24) is 10.6 Å². The number of terminal acetylenes is 1. The maximum absolute atomic E-state index is 11.1. The summed E-state index contributed by atoms with van der Waals surface area (Å²) < 4.78 is 5.13. The van der Waals surface area contributed by atoms with Crippen LogP contribution in [0.15, 0.2) is 16.5 Å². The minimum Gasteiger partial charge on any atom is -0.448 e. The molecule has 0 spiro atoms. The molecule has 0 aromatic carbocycles. The van der Waals surface area contributed by atoms with Crippen molar-refractivity contribution in [2.24, 2.45) is 0 Å². The van der Waals surface area contributed by atoms with Crippen LogP contribution in [0, 0.1) is 12.3 Å². The fourth-order valence-corrected chi connectivity index (χ4v) is 1.26. The van der Waals surface area contributed by atoms with Gasteiger partial charge in [0.2, 0.25) is 5.91 Å². The number of halogens is 1. The van der Waals surface area contributed by atoms with Crippen molar-refractivity contribution in [2.75, 3.05) is 13.1 Å². The second kappa shape index (κ2) is 6.94. The molecule has 1 heterocycles. The van der Waals surface area contributed by atoms with Crippen LogP contribution < -0.4 is 10.6 Å². The van der Waals surface area contributed by atoms with E-state index < -0.39 is 0 Å². The van der Waals surface area contributed by atoms with Gasteiger partial charge < -0.3 is 15.1 Å². The number of nitrogens with one attached hydrogen (secondary N) is 2. The van der Waals surface area contributed by atoms with E-state index in [1.807, 2.05) is 0 Å². The lowest BCUT2D eigenvalue weighted by Gasteiger charge is -2.02. The lowest BCUT2D eigenvalue weighted by molar-refractivity contribution is -0.120. The molecule has 4 nitrogen and oxygen atoms in total. The van der Waals surface area contributed by atoms with E-state index in [0.717, 1.165) is 5.76 Å². The van der Waals surface area contributed by atoms with Crippen molar-refractivity contribution in [3.8, 4) is 12.3 Å². The molecule has 0 atom stereocenters. The van der Waals surface area contributed by atoms with Gasteiger partial charge in [0.15, 0.2) is 5.22 Å². The van der Waals surface area contributed by atoms with Gasteiger partial charge in [-0.15, -0.1) is 6.42 Å². The van der Waals surface area contributed by atoms with Crippen LogP contribution >= 0.6 is 11.6 Å². The number of rotatable bonds is 6. The topological polar surface area (TPSA) is 54.3 Å². The smallest absolute Gasteiger partial charge is 0.222 e. The predicted octanol–water partition coefficient (Wildman–Crippen LogP) is 1.16. The molecule has 0 fully saturated rings. The van der Waals surface area contributed by atoms with Crippen LogP contribution in [-0.2, 0) is 11.3 Å². The van der Waals surface area contributed by atoms with Gasteiger partial charge in [0, 0.05) is 13.0 Å². The third-order valence-corrected chi connectivity index (χ3v) is 2.05. The Morgan fingerprint density at radius 3 is 3.00 bits per heavy atom. The molecule has 0 radical (unpaired) electrons. The van der Waals surface area contributed by atoms with E-state index in [2.05, 4.69) is 16.6 Å². The first-order valence-corrected chi connectivity index (χ1v) is 5.25. The summed E-state index contributed by atoms with van der Waals surface area (Å²) in [5, 5.41) is 6.00. The summed E-state index contributed by atoms with van der Waals surface area (Å²) in [6, 6.07) is 3.46. The van der Waals surface area contributed by atoms with Crippen LogP contribution in [0.4, 0.5) is 0 Å². The zero-order valence-electron chi connectivity index (χ0n) is 8.75. The monoisotopic (exact) mass is 240 g/mol. The van der Waals surface area contributed by atoms with Gasteiger partial charge in [-0.1, -0.05) is 5.92 Å². The van der Waals surface area contributed by atoms with Gasteiger partial charge in [-0.05, 0) is 23.7 Å². The van der Waals surface area contributed by atoms with Crippen LogP contribution in [0.25, 0.3) is 0 Å². The first kappa shape index (κ1) is 12.6. The van der Waals surface area contributed by atoms with E-state index >= 15 is 0 Å². The molecule has 0 unspecified atom stereocenters. The Balaban J connectivity index is 2.08. The minimum atomic E-state index is -0.0667. The molecule has 0 bridgehead atoms. The fourth-order valence-electron chi connectivity index (χ4n) is 1.10. The van der Waals surface area contributed by atoms with Crippen LogP contribution in [0.3, 0.4) is 0 Å². The molecule has 0 aliphatic rings. The van der Waals surface area contributed by atoms with Gasteiger partial charge in [0.25, 0.3) is 0 Å². The summed E-state index contributed by atoms with van der Waals surface area (Å²) in [6.07, 6.45) is 5.39. The van der Waals surface area contributed by atoms with Gasteiger partial charge >= 0.3 is 0 Å². The van der Waals surface area contributed by atoms with E-state index in [0.29, 0.717) is 24.7 Å². The molecular formula is C11H13ClN2O2. The zero-order valence-corrected chi connectivity index (χ0v) is 9.51. The number of hydrogen-bond acceptors (Lipinski definition) is 3. The van der Waals surface area contributed by atoms with Gasteiger partial charge in [-0.3, -0.25) is 4.79 Å². The number of carbonyl (C=O) groups is 1. The van der Waals surface area contributed by atoms with Crippen molar-refractivity contribution in [3.63, 3.8) is 0 Å². The Hall–Kier alpha value is -1.44. The SMILES string of the molecule is C#CCNC(=O)CCNCc1ccc(Cl)o1. The summed E-state index contributed by atoms with van der Waals surface area (Å²) >= 11 is 5.60. The molecular weight excluding hydrogens is 228 g/mol. The highest BCUT2D eigenvalue weighted by molar-refractivity contribution is 6.28. The maximum Gasteiger partial charge on any atom is 0.222 e. The molecule has 86 valence electrons. The number of furan rings is 1. The summed E-state index contributed by atoms with van der Waals surface area (Å²) in [5.41, 5.74) is 0. The van der Waals surface area contributed by atoms with E-state index in [1.54, 1.807) is 12.1 Å². The average molecular weight is 241 g/mol. The van der Waals surface area contributed by atoms with Crippen molar-refractivity contribution in [1.29, 1.82) is 0 Å². The maximum atomic E-state index is 11.1. The number of hydrogen-bond donors (Lipinski definition) is 2.